The third-order valence-electron chi connectivity index (χ3n) is 6.19. The zero-order valence-corrected chi connectivity index (χ0v) is 16.4. The molecule has 5 amide bonds. The molecular weight excluding hydrogens is 364 g/mol. The third-order valence-corrected chi connectivity index (χ3v) is 6.19. The van der Waals surface area contributed by atoms with Crippen molar-refractivity contribution in [1.82, 2.24) is 20.9 Å². The number of hydrogen-bond acceptors (Lipinski definition) is 5. The Labute approximate surface area is 164 Å². The number of nitrogens with zero attached hydrogens (tertiary/aromatic N) is 1. The van der Waals surface area contributed by atoms with Crippen LogP contribution in [-0.4, -0.2) is 67.0 Å². The van der Waals surface area contributed by atoms with Gasteiger partial charge in [0.2, 0.25) is 17.7 Å². The molecule has 0 aromatic heterocycles. The highest BCUT2D eigenvalue weighted by Gasteiger charge is 2.39. The average molecular weight is 394 g/mol. The van der Waals surface area contributed by atoms with Gasteiger partial charge in [-0.3, -0.25) is 19.7 Å². The van der Waals surface area contributed by atoms with Crippen LogP contribution in [0, 0.1) is 5.41 Å². The first-order valence-electron chi connectivity index (χ1n) is 10.2. The monoisotopic (exact) mass is 394 g/mol. The van der Waals surface area contributed by atoms with E-state index in [-0.39, 0.29) is 42.4 Å². The second-order valence-corrected chi connectivity index (χ2v) is 8.06. The standard InChI is InChI=1S/C19H30N4O5/c1-2-19(6-8-28-9-7-19)17(26)21-14-5-3-4-13(10-14)20-15(24)11-23-12-16(25)22-18(23)27/h13-14H,2-12H2,1H3,(H,20,24)(H,21,26)(H,22,25,27)/t13-,14-/m1/s1. The Morgan fingerprint density at radius 1 is 1.18 bits per heavy atom. The van der Waals surface area contributed by atoms with Gasteiger partial charge in [-0.1, -0.05) is 6.92 Å². The fourth-order valence-corrected chi connectivity index (χ4v) is 4.35. The van der Waals surface area contributed by atoms with Crippen molar-refractivity contribution in [2.24, 2.45) is 5.41 Å². The van der Waals surface area contributed by atoms with E-state index < -0.39 is 11.9 Å². The number of amides is 5. The van der Waals surface area contributed by atoms with Crippen LogP contribution in [0.15, 0.2) is 0 Å². The highest BCUT2D eigenvalue weighted by molar-refractivity contribution is 6.03. The van der Waals surface area contributed by atoms with E-state index in [1.54, 1.807) is 0 Å². The Bertz CT molecular complexity index is 632. The zero-order chi connectivity index (χ0) is 20.1. The van der Waals surface area contributed by atoms with Crippen LogP contribution in [0.2, 0.25) is 0 Å². The summed E-state index contributed by atoms with van der Waals surface area (Å²) < 4.78 is 5.42. The molecule has 2 atom stereocenters. The Kier molecular flexibility index (Phi) is 6.53. The first-order chi connectivity index (χ1) is 13.4. The van der Waals surface area contributed by atoms with Crippen LogP contribution in [0.4, 0.5) is 4.79 Å². The summed E-state index contributed by atoms with van der Waals surface area (Å²) in [6.45, 7) is 3.07. The minimum Gasteiger partial charge on any atom is -0.381 e. The molecule has 2 heterocycles. The molecule has 9 nitrogen and oxygen atoms in total. The molecule has 2 saturated heterocycles. The number of ether oxygens (including phenoxy) is 1. The predicted octanol–water partition coefficient (Wildman–Crippen LogP) is 0.289. The van der Waals surface area contributed by atoms with Gasteiger partial charge >= 0.3 is 6.03 Å². The number of imide groups is 1. The summed E-state index contributed by atoms with van der Waals surface area (Å²) in [7, 11) is 0. The smallest absolute Gasteiger partial charge is 0.325 e. The molecule has 9 heteroatoms. The number of nitrogens with one attached hydrogen (secondary N) is 3. The average Bonchev–Trinajstić information content (AvgIpc) is 2.99. The molecule has 0 bridgehead atoms. The maximum atomic E-state index is 12.9. The minimum absolute atomic E-state index is 0.0366. The van der Waals surface area contributed by atoms with E-state index in [0.717, 1.165) is 38.5 Å². The second kappa shape index (κ2) is 8.89. The number of carbonyl (C=O) groups excluding carboxylic acids is 4. The molecule has 0 aromatic carbocycles. The van der Waals surface area contributed by atoms with E-state index in [1.807, 2.05) is 6.92 Å². The maximum Gasteiger partial charge on any atom is 0.325 e. The number of rotatable bonds is 6. The van der Waals surface area contributed by atoms with Crippen LogP contribution in [0.3, 0.4) is 0 Å². The van der Waals surface area contributed by atoms with Crippen molar-refractivity contribution in [3.05, 3.63) is 0 Å². The number of carbonyl (C=O) groups is 4. The molecule has 156 valence electrons. The van der Waals surface area contributed by atoms with Gasteiger partial charge in [0.05, 0.1) is 5.41 Å². The van der Waals surface area contributed by atoms with Gasteiger partial charge in [0.15, 0.2) is 0 Å². The largest absolute Gasteiger partial charge is 0.381 e. The normalized spacial score (nSPS) is 27.2. The lowest BCUT2D eigenvalue weighted by molar-refractivity contribution is -0.138. The third kappa shape index (κ3) is 4.81. The summed E-state index contributed by atoms with van der Waals surface area (Å²) in [4.78, 5) is 49.1. The van der Waals surface area contributed by atoms with Crippen molar-refractivity contribution in [2.75, 3.05) is 26.3 Å². The molecule has 28 heavy (non-hydrogen) atoms. The Balaban J connectivity index is 1.48. The molecule has 3 rings (SSSR count). The number of hydrogen-bond donors (Lipinski definition) is 3. The van der Waals surface area contributed by atoms with Gasteiger partial charge in [-0.25, -0.2) is 4.79 Å². The molecule has 1 saturated carbocycles. The van der Waals surface area contributed by atoms with Crippen LogP contribution in [0.25, 0.3) is 0 Å². The van der Waals surface area contributed by atoms with Gasteiger partial charge in [0, 0.05) is 25.3 Å². The minimum atomic E-state index is -0.532. The van der Waals surface area contributed by atoms with E-state index in [4.69, 9.17) is 4.74 Å². The van der Waals surface area contributed by atoms with Crippen molar-refractivity contribution in [1.29, 1.82) is 0 Å². The molecular formula is C19H30N4O5. The molecule has 0 radical (unpaired) electrons. The molecule has 3 N–H and O–H groups in total. The Morgan fingerprint density at radius 2 is 1.86 bits per heavy atom. The number of urea groups is 1. The van der Waals surface area contributed by atoms with Crippen LogP contribution in [-0.2, 0) is 19.1 Å². The van der Waals surface area contributed by atoms with Crippen molar-refractivity contribution in [2.45, 2.75) is 64.0 Å². The van der Waals surface area contributed by atoms with Gasteiger partial charge in [0.25, 0.3) is 0 Å². The highest BCUT2D eigenvalue weighted by atomic mass is 16.5. The first kappa shape index (κ1) is 20.6. The Hall–Kier alpha value is -2.16. The molecule has 1 aliphatic carbocycles. The fourth-order valence-electron chi connectivity index (χ4n) is 4.35. The Morgan fingerprint density at radius 3 is 2.46 bits per heavy atom. The predicted molar refractivity (Wildman–Crippen MR) is 100 cm³/mol. The quantitative estimate of drug-likeness (QED) is 0.560. The summed E-state index contributed by atoms with van der Waals surface area (Å²) in [6.07, 6.45) is 5.64. The van der Waals surface area contributed by atoms with Gasteiger partial charge in [-0.2, -0.15) is 0 Å². The van der Waals surface area contributed by atoms with Crippen molar-refractivity contribution >= 4 is 23.8 Å². The van der Waals surface area contributed by atoms with Crippen molar-refractivity contribution in [3.8, 4) is 0 Å². The van der Waals surface area contributed by atoms with Gasteiger partial charge in [-0.05, 0) is 44.9 Å². The first-order valence-corrected chi connectivity index (χ1v) is 10.2. The fraction of sp³-hybridized carbons (Fsp3) is 0.789. The van der Waals surface area contributed by atoms with E-state index in [9.17, 15) is 19.2 Å². The molecule has 0 aromatic rings. The van der Waals surface area contributed by atoms with Crippen LogP contribution in [0.1, 0.15) is 51.9 Å². The zero-order valence-electron chi connectivity index (χ0n) is 16.4. The summed E-state index contributed by atoms with van der Waals surface area (Å²) in [5, 5.41) is 8.31. The van der Waals surface area contributed by atoms with Gasteiger partial charge in [0.1, 0.15) is 13.1 Å². The lowest BCUT2D eigenvalue weighted by Crippen LogP contribution is -2.52. The van der Waals surface area contributed by atoms with E-state index in [0.29, 0.717) is 19.6 Å². The molecule has 0 unspecified atom stereocenters. The lowest BCUT2D eigenvalue weighted by Gasteiger charge is -2.38. The van der Waals surface area contributed by atoms with Crippen LogP contribution in [0.5, 0.6) is 0 Å². The second-order valence-electron chi connectivity index (χ2n) is 8.06. The lowest BCUT2D eigenvalue weighted by atomic mass is 9.76. The highest BCUT2D eigenvalue weighted by Crippen LogP contribution is 2.34. The summed E-state index contributed by atoms with van der Waals surface area (Å²) in [6, 6.07) is -0.537. The van der Waals surface area contributed by atoms with Crippen molar-refractivity contribution < 1.29 is 23.9 Å². The molecule has 3 aliphatic rings. The van der Waals surface area contributed by atoms with E-state index in [1.165, 1.54) is 4.90 Å². The van der Waals surface area contributed by atoms with Crippen LogP contribution >= 0.6 is 0 Å². The summed E-state index contributed by atoms with van der Waals surface area (Å²) in [5.74, 6) is -0.574. The van der Waals surface area contributed by atoms with E-state index >= 15 is 0 Å². The topological polar surface area (TPSA) is 117 Å². The van der Waals surface area contributed by atoms with Crippen molar-refractivity contribution in [3.63, 3.8) is 0 Å². The summed E-state index contributed by atoms with van der Waals surface area (Å²) >= 11 is 0. The molecule has 0 spiro atoms. The molecule has 3 fully saturated rings. The van der Waals surface area contributed by atoms with Crippen LogP contribution < -0.4 is 16.0 Å². The van der Waals surface area contributed by atoms with E-state index in [2.05, 4.69) is 16.0 Å². The van der Waals surface area contributed by atoms with Gasteiger partial charge in [-0.15, -0.1) is 0 Å². The van der Waals surface area contributed by atoms with Gasteiger partial charge < -0.3 is 20.3 Å². The summed E-state index contributed by atoms with van der Waals surface area (Å²) in [5.41, 5.74) is -0.343. The molecule has 2 aliphatic heterocycles. The maximum absolute atomic E-state index is 12.9. The SMILES string of the molecule is CCC1(C(=O)N[C@@H]2CCC[C@@H](NC(=O)CN3CC(=O)NC3=O)C2)CCOCC1.